The fraction of sp³-hybridized carbons (Fsp3) is 0.529. The molecule has 4 rings (SSSR count). The molecule has 8 heteroatoms. The molecule has 2 aliphatic rings. The van der Waals surface area contributed by atoms with Gasteiger partial charge in [0.2, 0.25) is 5.91 Å². The predicted molar refractivity (Wildman–Crippen MR) is 94.2 cm³/mol. The van der Waals surface area contributed by atoms with Crippen LogP contribution >= 0.6 is 11.8 Å². The van der Waals surface area contributed by atoms with Crippen LogP contribution in [0.4, 0.5) is 0 Å². The predicted octanol–water partition coefficient (Wildman–Crippen LogP) is 2.06. The minimum atomic E-state index is 0.0105. The Bertz CT molecular complexity index is 726. The highest BCUT2D eigenvalue weighted by atomic mass is 32.2. The van der Waals surface area contributed by atoms with Gasteiger partial charge in [0.05, 0.1) is 11.9 Å². The van der Waals surface area contributed by atoms with E-state index in [1.165, 1.54) is 11.8 Å². The third-order valence-electron chi connectivity index (χ3n) is 4.40. The van der Waals surface area contributed by atoms with Crippen LogP contribution in [-0.2, 0) is 9.53 Å². The number of hydrogen-bond donors (Lipinski definition) is 1. The molecular weight excluding hydrogens is 338 g/mol. The van der Waals surface area contributed by atoms with Crippen molar-refractivity contribution >= 4 is 17.7 Å². The lowest BCUT2D eigenvalue weighted by atomic mass is 10.2. The lowest BCUT2D eigenvalue weighted by Gasteiger charge is -2.11. The van der Waals surface area contributed by atoms with Gasteiger partial charge in [0.1, 0.15) is 0 Å². The normalized spacial score (nSPS) is 19.9. The first-order chi connectivity index (χ1) is 12.3. The Morgan fingerprint density at radius 2 is 2.12 bits per heavy atom. The van der Waals surface area contributed by atoms with Gasteiger partial charge in [-0.3, -0.25) is 14.3 Å². The minimum Gasteiger partial charge on any atom is -0.376 e. The number of nitrogens with one attached hydrogen (secondary N) is 1. The molecule has 1 saturated heterocycles. The number of carbonyl (C=O) groups excluding carboxylic acids is 1. The van der Waals surface area contributed by atoms with Crippen LogP contribution in [0.3, 0.4) is 0 Å². The molecular formula is C17H21N5O2S. The fourth-order valence-corrected chi connectivity index (χ4v) is 3.78. The summed E-state index contributed by atoms with van der Waals surface area (Å²) >= 11 is 1.44. The van der Waals surface area contributed by atoms with Crippen molar-refractivity contribution < 1.29 is 9.53 Å². The van der Waals surface area contributed by atoms with Gasteiger partial charge in [-0.05, 0) is 37.8 Å². The maximum absolute atomic E-state index is 12.1. The monoisotopic (exact) mass is 359 g/mol. The Hall–Kier alpha value is -1.93. The molecule has 132 valence electrons. The van der Waals surface area contributed by atoms with E-state index < -0.39 is 0 Å². The zero-order chi connectivity index (χ0) is 17.1. The number of amides is 1. The van der Waals surface area contributed by atoms with Gasteiger partial charge in [0.25, 0.3) is 0 Å². The van der Waals surface area contributed by atoms with E-state index in [0.29, 0.717) is 18.3 Å². The standard InChI is InChI=1S/C17H21N5O2S/c23-15(19-10-14-2-1-9-24-14)11-25-17-21-20-16(22(17)13-3-4-13)12-5-7-18-8-6-12/h5-8,13-14H,1-4,9-11H2,(H,19,23)/t14-/m1/s1. The van der Waals surface area contributed by atoms with Crippen molar-refractivity contribution in [3.05, 3.63) is 24.5 Å². The van der Waals surface area contributed by atoms with E-state index in [0.717, 1.165) is 48.8 Å². The van der Waals surface area contributed by atoms with E-state index in [4.69, 9.17) is 4.74 Å². The molecule has 2 aromatic heterocycles. The first-order valence-corrected chi connectivity index (χ1v) is 9.66. The van der Waals surface area contributed by atoms with E-state index in [1.807, 2.05) is 12.1 Å². The van der Waals surface area contributed by atoms with Crippen LogP contribution < -0.4 is 5.32 Å². The first kappa shape index (κ1) is 16.5. The van der Waals surface area contributed by atoms with Gasteiger partial charge in [-0.1, -0.05) is 11.8 Å². The van der Waals surface area contributed by atoms with Crippen LogP contribution in [0.5, 0.6) is 0 Å². The van der Waals surface area contributed by atoms with Gasteiger partial charge < -0.3 is 10.1 Å². The van der Waals surface area contributed by atoms with E-state index in [9.17, 15) is 4.79 Å². The molecule has 1 aliphatic heterocycles. The summed E-state index contributed by atoms with van der Waals surface area (Å²) < 4.78 is 7.68. The third kappa shape index (κ3) is 4.01. The summed E-state index contributed by atoms with van der Waals surface area (Å²) in [5.74, 6) is 1.21. The summed E-state index contributed by atoms with van der Waals surface area (Å²) in [7, 11) is 0. The Morgan fingerprint density at radius 1 is 1.28 bits per heavy atom. The van der Waals surface area contributed by atoms with Gasteiger partial charge in [0, 0.05) is 37.2 Å². The molecule has 0 unspecified atom stereocenters. The highest BCUT2D eigenvalue weighted by Gasteiger charge is 2.30. The van der Waals surface area contributed by atoms with Gasteiger partial charge >= 0.3 is 0 Å². The number of ether oxygens (including phenoxy) is 1. The molecule has 1 atom stereocenters. The average molecular weight is 359 g/mol. The summed E-state index contributed by atoms with van der Waals surface area (Å²) in [6.07, 6.45) is 8.06. The maximum atomic E-state index is 12.1. The van der Waals surface area contributed by atoms with Crippen molar-refractivity contribution in [3.63, 3.8) is 0 Å². The maximum Gasteiger partial charge on any atom is 0.230 e. The molecule has 2 aromatic rings. The minimum absolute atomic E-state index is 0.0105. The molecule has 0 aromatic carbocycles. The highest BCUT2D eigenvalue weighted by molar-refractivity contribution is 7.99. The summed E-state index contributed by atoms with van der Waals surface area (Å²) in [5.41, 5.74) is 1.00. The van der Waals surface area contributed by atoms with Crippen molar-refractivity contribution in [3.8, 4) is 11.4 Å². The van der Waals surface area contributed by atoms with Gasteiger partial charge in [-0.25, -0.2) is 0 Å². The SMILES string of the molecule is O=C(CSc1nnc(-c2ccncc2)n1C1CC1)NC[C@H]1CCCO1. The zero-order valence-corrected chi connectivity index (χ0v) is 14.7. The number of thioether (sulfide) groups is 1. The van der Waals surface area contributed by atoms with Gasteiger partial charge in [-0.15, -0.1) is 10.2 Å². The molecule has 2 fully saturated rings. The van der Waals surface area contributed by atoms with Gasteiger partial charge in [-0.2, -0.15) is 0 Å². The first-order valence-electron chi connectivity index (χ1n) is 8.67. The van der Waals surface area contributed by atoms with E-state index in [1.54, 1.807) is 12.4 Å². The van der Waals surface area contributed by atoms with Crippen molar-refractivity contribution in [2.75, 3.05) is 18.9 Å². The molecule has 0 bridgehead atoms. The quantitative estimate of drug-likeness (QED) is 0.762. The molecule has 1 amide bonds. The van der Waals surface area contributed by atoms with Crippen molar-refractivity contribution in [1.29, 1.82) is 0 Å². The Kier molecular flexibility index (Phi) is 4.98. The lowest BCUT2D eigenvalue weighted by Crippen LogP contribution is -2.32. The number of nitrogens with zero attached hydrogens (tertiary/aromatic N) is 4. The Morgan fingerprint density at radius 3 is 2.84 bits per heavy atom. The van der Waals surface area contributed by atoms with E-state index >= 15 is 0 Å². The van der Waals surface area contributed by atoms with Gasteiger partial charge in [0.15, 0.2) is 11.0 Å². The molecule has 25 heavy (non-hydrogen) atoms. The molecule has 1 saturated carbocycles. The van der Waals surface area contributed by atoms with Crippen molar-refractivity contribution in [2.24, 2.45) is 0 Å². The topological polar surface area (TPSA) is 81.9 Å². The molecule has 0 spiro atoms. The van der Waals surface area contributed by atoms with E-state index in [2.05, 4.69) is 25.1 Å². The van der Waals surface area contributed by atoms with Crippen LogP contribution in [0.1, 0.15) is 31.7 Å². The molecule has 1 aliphatic carbocycles. The molecule has 7 nitrogen and oxygen atoms in total. The fourth-order valence-electron chi connectivity index (χ4n) is 2.95. The third-order valence-corrected chi connectivity index (χ3v) is 5.34. The summed E-state index contributed by atoms with van der Waals surface area (Å²) in [5, 5.41) is 12.4. The number of hydrogen-bond acceptors (Lipinski definition) is 6. The zero-order valence-electron chi connectivity index (χ0n) is 13.9. The van der Waals surface area contributed by atoms with Crippen molar-refractivity contribution in [1.82, 2.24) is 25.1 Å². The second kappa shape index (κ2) is 7.53. The second-order valence-electron chi connectivity index (χ2n) is 6.37. The van der Waals surface area contributed by atoms with Crippen molar-refractivity contribution in [2.45, 2.75) is 43.0 Å². The molecule has 0 radical (unpaired) electrons. The molecule has 3 heterocycles. The van der Waals surface area contributed by atoms with Crippen LogP contribution in [-0.4, -0.2) is 50.7 Å². The number of pyridine rings is 1. The lowest BCUT2D eigenvalue weighted by molar-refractivity contribution is -0.119. The van der Waals surface area contributed by atoms with Crippen LogP contribution in [0.25, 0.3) is 11.4 Å². The number of rotatable bonds is 7. The second-order valence-corrected chi connectivity index (χ2v) is 7.31. The van der Waals surface area contributed by atoms with Crippen LogP contribution in [0.15, 0.2) is 29.7 Å². The Labute approximate surface area is 150 Å². The Balaban J connectivity index is 1.39. The summed E-state index contributed by atoms with van der Waals surface area (Å²) in [6, 6.07) is 4.31. The average Bonchev–Trinajstić information content (AvgIpc) is 3.18. The summed E-state index contributed by atoms with van der Waals surface area (Å²) in [4.78, 5) is 16.1. The number of carbonyl (C=O) groups is 1. The highest BCUT2D eigenvalue weighted by Crippen LogP contribution is 2.40. The largest absolute Gasteiger partial charge is 0.376 e. The van der Waals surface area contributed by atoms with E-state index in [-0.39, 0.29) is 12.0 Å². The number of aromatic nitrogens is 4. The smallest absolute Gasteiger partial charge is 0.230 e. The van der Waals surface area contributed by atoms with Crippen LogP contribution in [0, 0.1) is 0 Å². The molecule has 1 N–H and O–H groups in total. The summed E-state index contributed by atoms with van der Waals surface area (Å²) in [6.45, 7) is 1.40. The van der Waals surface area contributed by atoms with Crippen LogP contribution in [0.2, 0.25) is 0 Å².